The Morgan fingerprint density at radius 3 is 2.38 bits per heavy atom. The number of hydrogen-bond donors (Lipinski definition) is 6. The van der Waals surface area contributed by atoms with Gasteiger partial charge in [-0.05, 0) is 60.1 Å². The van der Waals surface area contributed by atoms with Crippen molar-refractivity contribution in [3.63, 3.8) is 0 Å². The van der Waals surface area contributed by atoms with E-state index in [4.69, 9.17) is 10.5 Å². The van der Waals surface area contributed by atoms with Gasteiger partial charge in [0.05, 0.1) is 25.0 Å². The Bertz CT molecular complexity index is 1930. The largest absolute Gasteiger partial charge is 0.378 e. The quantitative estimate of drug-likeness (QED) is 0.166. The van der Waals surface area contributed by atoms with Crippen LogP contribution in [0, 0.1) is 5.41 Å². The average molecular weight is 859 g/mol. The van der Waals surface area contributed by atoms with Crippen molar-refractivity contribution in [2.24, 2.45) is 11.1 Å². The van der Waals surface area contributed by atoms with E-state index in [0.717, 1.165) is 21.7 Å². The van der Waals surface area contributed by atoms with Crippen molar-refractivity contribution in [1.29, 1.82) is 0 Å². The van der Waals surface area contributed by atoms with Crippen molar-refractivity contribution in [3.8, 4) is 0 Å². The highest BCUT2D eigenvalue weighted by Crippen LogP contribution is 2.35. The molecule has 58 heavy (non-hydrogen) atoms. The molecule has 0 saturated carbocycles. The Balaban J connectivity index is 1.45. The average Bonchev–Trinajstić information content (AvgIpc) is 3.22. The molecular weight excluding hydrogens is 806 g/mol. The fourth-order valence-corrected chi connectivity index (χ4v) is 7.46. The first-order chi connectivity index (χ1) is 28.0. The maximum absolute atomic E-state index is 14.7. The van der Waals surface area contributed by atoms with Gasteiger partial charge >= 0.3 is 0 Å². The second-order valence-corrected chi connectivity index (χ2v) is 15.5. The molecule has 5 rings (SSSR count). The summed E-state index contributed by atoms with van der Waals surface area (Å²) < 4.78 is 6.22. The molecule has 6 amide bonds. The lowest BCUT2D eigenvalue weighted by Gasteiger charge is -2.42. The minimum Gasteiger partial charge on any atom is -0.378 e. The van der Waals surface area contributed by atoms with Crippen LogP contribution in [0.2, 0.25) is 0 Å². The van der Waals surface area contributed by atoms with Gasteiger partial charge in [0.15, 0.2) is 0 Å². The number of nitrogens with two attached hydrogens (primary N) is 1. The van der Waals surface area contributed by atoms with Crippen LogP contribution >= 0.6 is 15.9 Å². The van der Waals surface area contributed by atoms with Crippen LogP contribution in [0.4, 0.5) is 0 Å². The first kappa shape index (κ1) is 43.7. The minimum absolute atomic E-state index is 0.0213. The van der Waals surface area contributed by atoms with Crippen LogP contribution in [0.5, 0.6) is 0 Å². The molecule has 0 spiro atoms. The molecule has 2 bridgehead atoms. The molecule has 2 aliphatic rings. The molecule has 0 aromatic heterocycles. The first-order valence-corrected chi connectivity index (χ1v) is 20.4. The van der Waals surface area contributed by atoms with Gasteiger partial charge in [0.1, 0.15) is 12.1 Å². The predicted molar refractivity (Wildman–Crippen MR) is 222 cm³/mol. The van der Waals surface area contributed by atoms with Crippen molar-refractivity contribution < 1.29 is 33.5 Å². The van der Waals surface area contributed by atoms with Gasteiger partial charge < -0.3 is 42.0 Å². The van der Waals surface area contributed by atoms with Crippen molar-refractivity contribution >= 4 is 51.4 Å². The Morgan fingerprint density at radius 1 is 0.879 bits per heavy atom. The summed E-state index contributed by atoms with van der Waals surface area (Å²) in [6, 6.07) is 22.3. The second kappa shape index (κ2) is 22.0. The van der Waals surface area contributed by atoms with Gasteiger partial charge in [-0.2, -0.15) is 0 Å². The van der Waals surface area contributed by atoms with E-state index in [1.165, 1.54) is 6.08 Å². The molecular formula is C43H52BrN7O7. The SMILES string of the molecule is NCCOCCNC(=O)[C@@H]1CCNC(=O)/C=C/C(=O)N2CCC[C@](Cc3ccccc3)(C2)C(=O)N[C@@H](Cc2ccc(Br)cc2)C(=O)NCc2ccccc2CC(=O)N1. The van der Waals surface area contributed by atoms with Gasteiger partial charge in [-0.25, -0.2) is 0 Å². The second-order valence-electron chi connectivity index (χ2n) is 14.6. The van der Waals surface area contributed by atoms with E-state index in [0.29, 0.717) is 50.1 Å². The molecule has 3 atom stereocenters. The van der Waals surface area contributed by atoms with Crippen LogP contribution in [0.15, 0.2) is 95.5 Å². The molecule has 0 radical (unpaired) electrons. The summed E-state index contributed by atoms with van der Waals surface area (Å²) in [5.41, 5.74) is 7.44. The van der Waals surface area contributed by atoms with E-state index in [-0.39, 0.29) is 58.0 Å². The minimum atomic E-state index is -1.08. The van der Waals surface area contributed by atoms with Crippen molar-refractivity contribution in [2.75, 3.05) is 45.9 Å². The summed E-state index contributed by atoms with van der Waals surface area (Å²) in [4.78, 5) is 83.5. The maximum atomic E-state index is 14.7. The summed E-state index contributed by atoms with van der Waals surface area (Å²) in [5.74, 6) is -2.67. The van der Waals surface area contributed by atoms with Crippen molar-refractivity contribution in [3.05, 3.63) is 118 Å². The fraction of sp³-hybridized carbons (Fsp3) is 0.395. The maximum Gasteiger partial charge on any atom is 0.246 e. The standard InChI is InChI=1S/C43H52BrN7O7/c44-34-13-11-30(12-14-34)25-36-41(56)48-28-33-10-5-4-9-32(33)26-38(53)49-35(40(55)47-21-24-58-23-19-45)17-20-46-37(52)15-16-39(54)51-22-6-18-43(29-51,42(57)50-36)27-31-7-2-1-3-8-31/h1-5,7-16,35-36H,6,17-29,45H2,(H,46,52)(H,47,55)(H,48,56)(H,49,53)(H,50,57)/b16-15+/t35-,36-,43-/m0/s1. The number of ether oxygens (including phenoxy) is 1. The number of amides is 6. The number of nitrogens with one attached hydrogen (secondary N) is 5. The highest BCUT2D eigenvalue weighted by Gasteiger charge is 2.44. The fourth-order valence-electron chi connectivity index (χ4n) is 7.19. The topological polar surface area (TPSA) is 201 Å². The summed E-state index contributed by atoms with van der Waals surface area (Å²) >= 11 is 3.46. The Morgan fingerprint density at radius 2 is 1.62 bits per heavy atom. The van der Waals surface area contributed by atoms with Gasteiger partial charge in [-0.3, -0.25) is 28.8 Å². The van der Waals surface area contributed by atoms with Crippen LogP contribution in [-0.4, -0.2) is 98.4 Å². The highest BCUT2D eigenvalue weighted by atomic mass is 79.9. The lowest BCUT2D eigenvalue weighted by molar-refractivity contribution is -0.141. The number of benzene rings is 3. The van der Waals surface area contributed by atoms with E-state index in [2.05, 4.69) is 42.5 Å². The zero-order valence-electron chi connectivity index (χ0n) is 32.5. The van der Waals surface area contributed by atoms with Gasteiger partial charge in [-0.15, -0.1) is 0 Å². The number of carbonyl (C=O) groups is 6. The van der Waals surface area contributed by atoms with E-state index in [1.54, 1.807) is 29.2 Å². The van der Waals surface area contributed by atoms with Crippen LogP contribution < -0.4 is 32.3 Å². The molecule has 3 aromatic carbocycles. The number of halogens is 1. The third-order valence-electron chi connectivity index (χ3n) is 10.2. The smallest absolute Gasteiger partial charge is 0.246 e. The molecule has 2 aliphatic heterocycles. The number of fused-ring (bicyclic) bond motifs is 3. The molecule has 0 unspecified atom stereocenters. The Hall–Kier alpha value is -5.38. The summed E-state index contributed by atoms with van der Waals surface area (Å²) in [7, 11) is 0. The molecule has 308 valence electrons. The zero-order chi connectivity index (χ0) is 41.3. The summed E-state index contributed by atoms with van der Waals surface area (Å²) in [6.45, 7) is 1.65. The normalized spacial score (nSPS) is 21.8. The third-order valence-corrected chi connectivity index (χ3v) is 10.8. The molecule has 7 N–H and O–H groups in total. The van der Waals surface area contributed by atoms with Gasteiger partial charge in [0.25, 0.3) is 0 Å². The van der Waals surface area contributed by atoms with Crippen molar-refractivity contribution in [2.45, 2.75) is 57.2 Å². The molecule has 14 nitrogen and oxygen atoms in total. The van der Waals surface area contributed by atoms with Crippen LogP contribution in [-0.2, 0) is 59.3 Å². The van der Waals surface area contributed by atoms with E-state index < -0.39 is 47.0 Å². The van der Waals surface area contributed by atoms with Gasteiger partial charge in [0, 0.05) is 62.3 Å². The van der Waals surface area contributed by atoms with E-state index >= 15 is 0 Å². The third kappa shape index (κ3) is 13.1. The number of carbonyl (C=O) groups excluding carboxylic acids is 6. The highest BCUT2D eigenvalue weighted by molar-refractivity contribution is 9.10. The van der Waals surface area contributed by atoms with E-state index in [1.807, 2.05) is 54.6 Å². The molecule has 2 heterocycles. The number of nitrogens with zero attached hydrogens (tertiary/aromatic N) is 1. The number of hydrogen-bond acceptors (Lipinski definition) is 8. The monoisotopic (exact) mass is 857 g/mol. The lowest BCUT2D eigenvalue weighted by Crippen LogP contribution is -2.58. The summed E-state index contributed by atoms with van der Waals surface area (Å²) in [5, 5.41) is 14.3. The van der Waals surface area contributed by atoms with Crippen LogP contribution in [0.3, 0.4) is 0 Å². The Kier molecular flexibility index (Phi) is 16.6. The zero-order valence-corrected chi connectivity index (χ0v) is 34.1. The van der Waals surface area contributed by atoms with Crippen molar-refractivity contribution in [1.82, 2.24) is 31.5 Å². The molecule has 3 aromatic rings. The van der Waals surface area contributed by atoms with Gasteiger partial charge in [0.2, 0.25) is 35.4 Å². The molecule has 1 saturated heterocycles. The number of piperidine rings is 1. The van der Waals surface area contributed by atoms with Gasteiger partial charge in [-0.1, -0.05) is 82.7 Å². The molecule has 0 aliphatic carbocycles. The number of rotatable bonds is 10. The lowest BCUT2D eigenvalue weighted by atomic mass is 9.74. The molecule has 15 heteroatoms. The first-order valence-electron chi connectivity index (χ1n) is 19.6. The van der Waals surface area contributed by atoms with Crippen LogP contribution in [0.1, 0.15) is 41.5 Å². The van der Waals surface area contributed by atoms with E-state index in [9.17, 15) is 28.8 Å². The Labute approximate surface area is 347 Å². The summed E-state index contributed by atoms with van der Waals surface area (Å²) in [6.07, 6.45) is 3.79. The molecule has 1 fully saturated rings. The predicted octanol–water partition coefficient (Wildman–Crippen LogP) is 1.84. The van der Waals surface area contributed by atoms with Crippen LogP contribution in [0.25, 0.3) is 0 Å².